The number of anilines is 3. The molecule has 15 heteroatoms. The van der Waals surface area contributed by atoms with Crippen molar-refractivity contribution >= 4 is 62.3 Å². The van der Waals surface area contributed by atoms with Crippen LogP contribution in [0.5, 0.6) is 17.2 Å². The van der Waals surface area contributed by atoms with Gasteiger partial charge < -0.3 is 44.9 Å². The maximum Gasteiger partial charge on any atom is 0.259 e. The molecule has 0 fully saturated rings. The van der Waals surface area contributed by atoms with Crippen molar-refractivity contribution in [2.45, 2.75) is 108 Å². The summed E-state index contributed by atoms with van der Waals surface area (Å²) in [4.78, 5) is 57.1. The van der Waals surface area contributed by atoms with Crippen LogP contribution in [0.25, 0.3) is 0 Å². The van der Waals surface area contributed by atoms with Crippen LogP contribution in [0.4, 0.5) is 17.1 Å². The quantitative estimate of drug-likeness (QED) is 0.0557. The number of benzene rings is 5. The fraction of sp³-hybridized carbons (Fsp3) is 0.370. The first-order valence-electron chi connectivity index (χ1n) is 23.4. The largest absolute Gasteiger partial charge is 0.493 e. The van der Waals surface area contributed by atoms with Crippen molar-refractivity contribution < 1.29 is 43.6 Å². The molecule has 0 aliphatic carbocycles. The monoisotopic (exact) mass is 970 g/mol. The van der Waals surface area contributed by atoms with Gasteiger partial charge in [0.2, 0.25) is 11.8 Å². The van der Waals surface area contributed by atoms with Crippen LogP contribution in [0.3, 0.4) is 0 Å². The first-order chi connectivity index (χ1) is 33.2. The fourth-order valence-corrected chi connectivity index (χ4v) is 12.6. The van der Waals surface area contributed by atoms with E-state index in [9.17, 15) is 29.4 Å². The van der Waals surface area contributed by atoms with Crippen molar-refractivity contribution in [2.24, 2.45) is 0 Å². The molecule has 4 aliphatic rings. The van der Waals surface area contributed by atoms with Gasteiger partial charge >= 0.3 is 0 Å². The van der Waals surface area contributed by atoms with Gasteiger partial charge in [0.1, 0.15) is 19.0 Å². The summed E-state index contributed by atoms with van der Waals surface area (Å²) in [7, 11) is 6.42. The Balaban J connectivity index is 0.951. The molecule has 0 aromatic heterocycles. The number of aliphatic hydroxyl groups is 2. The Labute approximate surface area is 410 Å². The second-order valence-corrected chi connectivity index (χ2v) is 22.0. The number of methoxy groups -OCH3 is 1. The molecule has 2 unspecified atom stereocenters. The molecule has 9 rings (SSSR count). The Hall–Kier alpha value is -6.00. The van der Waals surface area contributed by atoms with E-state index in [1.54, 1.807) is 50.6 Å². The third-order valence-electron chi connectivity index (χ3n) is 13.4. The predicted molar refractivity (Wildman–Crippen MR) is 271 cm³/mol. The average molecular weight is 971 g/mol. The molecule has 5 aromatic rings. The van der Waals surface area contributed by atoms with Crippen LogP contribution in [-0.4, -0.2) is 82.8 Å². The topological polar surface area (TPSA) is 167 Å². The van der Waals surface area contributed by atoms with Crippen LogP contribution in [0.15, 0.2) is 91.0 Å². The minimum atomic E-state index is -0.800. The minimum absolute atomic E-state index is 0.00819. The normalized spacial score (nSPS) is 19.0. The second-order valence-electron chi connectivity index (χ2n) is 18.9. The highest BCUT2D eigenvalue weighted by Gasteiger charge is 2.43. The van der Waals surface area contributed by atoms with Crippen LogP contribution in [0, 0.1) is 6.92 Å². The van der Waals surface area contributed by atoms with Crippen molar-refractivity contribution in [3.05, 3.63) is 141 Å². The summed E-state index contributed by atoms with van der Waals surface area (Å²) in [6, 6.07) is 27.7. The van der Waals surface area contributed by atoms with Gasteiger partial charge in [-0.05, 0) is 134 Å². The summed E-state index contributed by atoms with van der Waals surface area (Å²) in [6.07, 6.45) is 1.56. The SMILES string of the molecule is CNC(=O)CCCSSC(C)(C)CC(=O)Nc1cc(COc2cc3c(cc2C)C(=O)N2c4ccccc4C[C@H]2C(O)C3)cc(COc2cc3c(cc2OC)C(=O)N2c4ccccc4C[C@H]2C(O)C3)c1. The average Bonchev–Trinajstić information content (AvgIpc) is 3.87. The number of hydrogen-bond donors (Lipinski definition) is 4. The van der Waals surface area contributed by atoms with E-state index >= 15 is 0 Å². The van der Waals surface area contributed by atoms with Crippen LogP contribution < -0.4 is 34.6 Å². The molecule has 5 aromatic carbocycles. The third-order valence-corrected chi connectivity index (χ3v) is 16.7. The molecule has 0 saturated heterocycles. The van der Waals surface area contributed by atoms with Crippen LogP contribution >= 0.6 is 21.6 Å². The van der Waals surface area contributed by atoms with E-state index in [0.29, 0.717) is 70.9 Å². The molecule has 360 valence electrons. The van der Waals surface area contributed by atoms with Crippen molar-refractivity contribution in [3.63, 3.8) is 0 Å². The van der Waals surface area contributed by atoms with E-state index < -0.39 is 17.0 Å². The van der Waals surface area contributed by atoms with Gasteiger partial charge in [-0.2, -0.15) is 0 Å². The van der Waals surface area contributed by atoms with E-state index in [1.165, 1.54) is 7.11 Å². The molecule has 4 amide bonds. The number of aryl methyl sites for hydroxylation is 1. The number of amides is 4. The molecule has 0 radical (unpaired) electrons. The van der Waals surface area contributed by atoms with Crippen molar-refractivity contribution in [2.75, 3.05) is 35.0 Å². The molecule has 13 nitrogen and oxygen atoms in total. The highest BCUT2D eigenvalue weighted by Crippen LogP contribution is 2.43. The number of nitrogens with one attached hydrogen (secondary N) is 2. The van der Waals surface area contributed by atoms with E-state index in [0.717, 1.165) is 51.4 Å². The van der Waals surface area contributed by atoms with E-state index in [4.69, 9.17) is 14.2 Å². The molecular weight excluding hydrogens is 913 g/mol. The smallest absolute Gasteiger partial charge is 0.259 e. The molecule has 0 spiro atoms. The molecule has 0 bridgehead atoms. The van der Waals surface area contributed by atoms with Gasteiger partial charge in [0, 0.05) is 71.4 Å². The Kier molecular flexibility index (Phi) is 14.0. The third kappa shape index (κ3) is 10.2. The lowest BCUT2D eigenvalue weighted by atomic mass is 9.96. The maximum absolute atomic E-state index is 14.2. The Bertz CT molecular complexity index is 2820. The zero-order valence-electron chi connectivity index (χ0n) is 39.5. The molecule has 4 N–H and O–H groups in total. The number of fused-ring (bicyclic) bond motifs is 8. The van der Waals surface area contributed by atoms with Gasteiger partial charge in [-0.15, -0.1) is 0 Å². The fourth-order valence-electron chi connectivity index (χ4n) is 10.0. The Morgan fingerprint density at radius 3 is 1.84 bits per heavy atom. The van der Waals surface area contributed by atoms with E-state index in [1.807, 2.05) is 99.6 Å². The van der Waals surface area contributed by atoms with Crippen molar-refractivity contribution in [3.8, 4) is 17.2 Å². The van der Waals surface area contributed by atoms with E-state index in [2.05, 4.69) is 10.6 Å². The first kappa shape index (κ1) is 48.0. The highest BCUT2D eigenvalue weighted by atomic mass is 33.1. The van der Waals surface area contributed by atoms with Gasteiger partial charge in [-0.1, -0.05) is 58.0 Å². The lowest BCUT2D eigenvalue weighted by Crippen LogP contribution is -2.43. The number of nitrogens with zero attached hydrogens (tertiary/aromatic N) is 2. The molecular formula is C54H58N4O9S2. The van der Waals surface area contributed by atoms with Gasteiger partial charge in [-0.3, -0.25) is 19.2 Å². The number of carbonyl (C=O) groups excluding carboxylic acids is 4. The van der Waals surface area contributed by atoms with Gasteiger partial charge in [0.05, 0.1) is 31.4 Å². The molecule has 0 saturated carbocycles. The lowest BCUT2D eigenvalue weighted by Gasteiger charge is -2.26. The zero-order valence-corrected chi connectivity index (χ0v) is 41.1. The standard InChI is InChI=1S/C54H58N4O9S2/c1-31-17-39-36(23-45(59)43-21-34-11-6-8-13-41(34)57(43)52(39)63)25-47(31)66-29-32-18-33(20-38(19-32)56-51(62)28-54(2,3)69-68-16-10-15-50(61)55-4)30-67-49-26-37-24-46(60)44-22-35-12-7-9-14-42(35)58(44)53(64)40(37)27-48(49)65-5/h6-9,11-14,17-20,25-27,43-46,59-60H,10,15-16,21-24,28-30H2,1-5H3,(H,55,61)(H,56,62)/t43-,44-,45?,46?/m0/s1. The first-order valence-corrected chi connectivity index (χ1v) is 25.7. The summed E-state index contributed by atoms with van der Waals surface area (Å²) in [5, 5.41) is 28.7. The molecule has 4 heterocycles. The molecule has 69 heavy (non-hydrogen) atoms. The molecule has 4 aliphatic heterocycles. The highest BCUT2D eigenvalue weighted by molar-refractivity contribution is 8.77. The van der Waals surface area contributed by atoms with Gasteiger partial charge in [0.15, 0.2) is 11.5 Å². The number of carbonyl (C=O) groups is 4. The van der Waals surface area contributed by atoms with Crippen molar-refractivity contribution in [1.29, 1.82) is 0 Å². The van der Waals surface area contributed by atoms with Crippen LogP contribution in [0.1, 0.15) is 92.8 Å². The lowest BCUT2D eigenvalue weighted by molar-refractivity contribution is -0.120. The van der Waals surface area contributed by atoms with Gasteiger partial charge in [0.25, 0.3) is 11.8 Å². The predicted octanol–water partition coefficient (Wildman–Crippen LogP) is 8.15. The Morgan fingerprint density at radius 2 is 1.26 bits per heavy atom. The number of aliphatic hydroxyl groups excluding tert-OH is 2. The summed E-state index contributed by atoms with van der Waals surface area (Å²) in [5.74, 6) is 1.62. The minimum Gasteiger partial charge on any atom is -0.493 e. The number of ether oxygens (including phenoxy) is 3. The number of para-hydroxylation sites is 2. The Morgan fingerprint density at radius 1 is 0.710 bits per heavy atom. The van der Waals surface area contributed by atoms with E-state index in [-0.39, 0.29) is 61.8 Å². The van der Waals surface area contributed by atoms with Crippen molar-refractivity contribution in [1.82, 2.24) is 5.32 Å². The van der Waals surface area contributed by atoms with Crippen LogP contribution in [0.2, 0.25) is 0 Å². The summed E-state index contributed by atoms with van der Waals surface area (Å²) in [6.45, 7) is 6.13. The summed E-state index contributed by atoms with van der Waals surface area (Å²) in [5.41, 5.74) is 8.87. The van der Waals surface area contributed by atoms with Crippen LogP contribution in [-0.2, 0) is 48.5 Å². The van der Waals surface area contributed by atoms with Gasteiger partial charge in [-0.25, -0.2) is 0 Å². The number of hydrogen-bond acceptors (Lipinski definition) is 11. The molecule has 4 atom stereocenters. The summed E-state index contributed by atoms with van der Waals surface area (Å²) < 4.78 is 18.4. The number of rotatable bonds is 16. The maximum atomic E-state index is 14.2. The second kappa shape index (κ2) is 20.2. The zero-order chi connectivity index (χ0) is 48.6. The summed E-state index contributed by atoms with van der Waals surface area (Å²) >= 11 is 0.